The van der Waals surface area contributed by atoms with Crippen LogP contribution in [0.5, 0.6) is 0 Å². The molecule has 0 aliphatic carbocycles. The van der Waals surface area contributed by atoms with E-state index >= 15 is 0 Å². The van der Waals surface area contributed by atoms with Gasteiger partial charge in [0, 0.05) is 25.2 Å². The maximum atomic E-state index is 10.6. The zero-order valence-electron chi connectivity index (χ0n) is 9.91. The lowest BCUT2D eigenvalue weighted by atomic mass is 10.1. The summed E-state index contributed by atoms with van der Waals surface area (Å²) >= 11 is 0. The van der Waals surface area contributed by atoms with Gasteiger partial charge in [0.25, 0.3) is 5.69 Å². The predicted molar refractivity (Wildman–Crippen MR) is 65.0 cm³/mol. The highest BCUT2D eigenvalue weighted by Gasteiger charge is 2.29. The number of nitriles is 1. The number of aromatic nitrogens is 1. The summed E-state index contributed by atoms with van der Waals surface area (Å²) in [7, 11) is 0. The van der Waals surface area contributed by atoms with Crippen LogP contribution in [0.1, 0.15) is 12.5 Å². The number of nitro groups is 1. The summed E-state index contributed by atoms with van der Waals surface area (Å²) in [5.41, 5.74) is 5.95. The summed E-state index contributed by atoms with van der Waals surface area (Å²) < 4.78 is 0. The zero-order valence-corrected chi connectivity index (χ0v) is 9.91. The first kappa shape index (κ1) is 12.3. The lowest BCUT2D eigenvalue weighted by Gasteiger charge is -2.17. The third-order valence-corrected chi connectivity index (χ3v) is 3.15. The number of hydrogen-bond acceptors (Lipinski definition) is 6. The van der Waals surface area contributed by atoms with Gasteiger partial charge in [0.1, 0.15) is 23.6 Å². The highest BCUT2D eigenvalue weighted by atomic mass is 16.6. The Bertz CT molecular complexity index is 515. The second kappa shape index (κ2) is 4.58. The number of nitrogens with zero attached hydrogens (tertiary/aromatic N) is 4. The fraction of sp³-hybridized carbons (Fsp3) is 0.455. The van der Waals surface area contributed by atoms with Gasteiger partial charge in [-0.1, -0.05) is 6.92 Å². The van der Waals surface area contributed by atoms with Crippen LogP contribution in [0.25, 0.3) is 0 Å². The van der Waals surface area contributed by atoms with E-state index in [0.717, 1.165) is 0 Å². The van der Waals surface area contributed by atoms with Crippen LogP contribution in [-0.4, -0.2) is 29.0 Å². The molecule has 2 heterocycles. The molecule has 1 aromatic rings. The topological polar surface area (TPSA) is 109 Å². The molecule has 2 N–H and O–H groups in total. The first-order valence-corrected chi connectivity index (χ1v) is 5.58. The highest BCUT2D eigenvalue weighted by molar-refractivity contribution is 5.58. The van der Waals surface area contributed by atoms with Crippen molar-refractivity contribution in [2.75, 3.05) is 18.0 Å². The molecule has 0 amide bonds. The lowest BCUT2D eigenvalue weighted by Crippen LogP contribution is -2.29. The van der Waals surface area contributed by atoms with Crippen molar-refractivity contribution < 1.29 is 4.92 Å². The monoisotopic (exact) mass is 247 g/mol. The third kappa shape index (κ3) is 2.10. The minimum atomic E-state index is -0.560. The average molecular weight is 247 g/mol. The molecular weight excluding hydrogens is 234 g/mol. The second-order valence-electron chi connectivity index (χ2n) is 4.48. The standard InChI is InChI=1S/C11H13N5O2/c1-7-5-15(6-10(7)13)11-8(3-12)2-9(4-14-11)16(17)18/h2,4,7,10H,5-6,13H2,1H3. The molecule has 0 aromatic carbocycles. The summed E-state index contributed by atoms with van der Waals surface area (Å²) in [6.45, 7) is 3.35. The SMILES string of the molecule is CC1CN(c2ncc([N+](=O)[O-])cc2C#N)CC1N. The molecule has 1 aliphatic heterocycles. The first-order valence-electron chi connectivity index (χ1n) is 5.58. The number of hydrogen-bond donors (Lipinski definition) is 1. The summed E-state index contributed by atoms with van der Waals surface area (Å²) in [5.74, 6) is 0.788. The van der Waals surface area contributed by atoms with E-state index in [-0.39, 0.29) is 17.3 Å². The van der Waals surface area contributed by atoms with Crippen molar-refractivity contribution >= 4 is 11.5 Å². The van der Waals surface area contributed by atoms with E-state index in [1.807, 2.05) is 17.9 Å². The molecule has 7 nitrogen and oxygen atoms in total. The van der Waals surface area contributed by atoms with Gasteiger partial charge in [-0.3, -0.25) is 10.1 Å². The normalized spacial score (nSPS) is 22.8. The fourth-order valence-electron chi connectivity index (χ4n) is 2.05. The van der Waals surface area contributed by atoms with E-state index in [4.69, 9.17) is 11.0 Å². The second-order valence-corrected chi connectivity index (χ2v) is 4.48. The van der Waals surface area contributed by atoms with Crippen LogP contribution in [0.4, 0.5) is 11.5 Å². The van der Waals surface area contributed by atoms with Gasteiger partial charge in [-0.15, -0.1) is 0 Å². The number of pyridine rings is 1. The summed E-state index contributed by atoms with van der Waals surface area (Å²) in [6.07, 6.45) is 1.17. The molecule has 94 valence electrons. The summed E-state index contributed by atoms with van der Waals surface area (Å²) in [4.78, 5) is 16.0. The number of rotatable bonds is 2. The van der Waals surface area contributed by atoms with E-state index in [1.54, 1.807) is 0 Å². The van der Waals surface area contributed by atoms with E-state index in [1.165, 1.54) is 12.3 Å². The van der Waals surface area contributed by atoms with Gasteiger partial charge in [0.2, 0.25) is 0 Å². The quantitative estimate of drug-likeness (QED) is 0.606. The third-order valence-electron chi connectivity index (χ3n) is 3.15. The Balaban J connectivity index is 2.35. The van der Waals surface area contributed by atoms with E-state index in [2.05, 4.69) is 4.98 Å². The van der Waals surface area contributed by atoms with Crippen LogP contribution in [0.15, 0.2) is 12.3 Å². The average Bonchev–Trinajstić information content (AvgIpc) is 2.68. The number of nitrogens with two attached hydrogens (primary N) is 1. The van der Waals surface area contributed by atoms with Crippen molar-refractivity contribution in [3.8, 4) is 6.07 Å². The predicted octanol–water partition coefficient (Wildman–Crippen LogP) is 0.645. The molecule has 1 fully saturated rings. The summed E-state index contributed by atoms with van der Waals surface area (Å²) in [5, 5.41) is 19.7. The summed E-state index contributed by atoms with van der Waals surface area (Å²) in [6, 6.07) is 3.23. The molecule has 0 bridgehead atoms. The molecule has 2 unspecified atom stereocenters. The minimum absolute atomic E-state index is 0.0357. The molecule has 0 saturated carbocycles. The molecule has 1 saturated heterocycles. The molecule has 18 heavy (non-hydrogen) atoms. The van der Waals surface area contributed by atoms with Gasteiger partial charge >= 0.3 is 0 Å². The molecule has 2 rings (SSSR count). The molecule has 0 spiro atoms. The van der Waals surface area contributed by atoms with Gasteiger partial charge in [0.15, 0.2) is 0 Å². The number of anilines is 1. The van der Waals surface area contributed by atoms with Crippen molar-refractivity contribution in [2.24, 2.45) is 11.7 Å². The van der Waals surface area contributed by atoms with Crippen molar-refractivity contribution in [3.63, 3.8) is 0 Å². The minimum Gasteiger partial charge on any atom is -0.354 e. The van der Waals surface area contributed by atoms with Crippen LogP contribution < -0.4 is 10.6 Å². The maximum Gasteiger partial charge on any atom is 0.289 e. The molecular formula is C11H13N5O2. The van der Waals surface area contributed by atoms with Crippen molar-refractivity contribution in [1.82, 2.24) is 4.98 Å². The van der Waals surface area contributed by atoms with Crippen molar-refractivity contribution in [2.45, 2.75) is 13.0 Å². The fourth-order valence-corrected chi connectivity index (χ4v) is 2.05. The Morgan fingerprint density at radius 1 is 1.67 bits per heavy atom. The molecule has 1 aromatic heterocycles. The van der Waals surface area contributed by atoms with Gasteiger partial charge in [-0.25, -0.2) is 4.98 Å². The van der Waals surface area contributed by atoms with Crippen molar-refractivity contribution in [3.05, 3.63) is 27.9 Å². The molecule has 7 heteroatoms. The van der Waals surface area contributed by atoms with Gasteiger partial charge in [0.05, 0.1) is 4.92 Å². The van der Waals surface area contributed by atoms with Gasteiger partial charge < -0.3 is 10.6 Å². The van der Waals surface area contributed by atoms with Crippen LogP contribution in [0.2, 0.25) is 0 Å². The Morgan fingerprint density at radius 3 is 2.89 bits per heavy atom. The largest absolute Gasteiger partial charge is 0.354 e. The van der Waals surface area contributed by atoms with Gasteiger partial charge in [-0.05, 0) is 5.92 Å². The van der Waals surface area contributed by atoms with E-state index in [0.29, 0.717) is 24.8 Å². The van der Waals surface area contributed by atoms with E-state index in [9.17, 15) is 10.1 Å². The molecule has 1 aliphatic rings. The van der Waals surface area contributed by atoms with Crippen molar-refractivity contribution in [1.29, 1.82) is 5.26 Å². The van der Waals surface area contributed by atoms with Crippen LogP contribution >= 0.6 is 0 Å². The van der Waals surface area contributed by atoms with Gasteiger partial charge in [-0.2, -0.15) is 5.26 Å². The Hall–Kier alpha value is -2.20. The maximum absolute atomic E-state index is 10.6. The van der Waals surface area contributed by atoms with Crippen LogP contribution in [-0.2, 0) is 0 Å². The van der Waals surface area contributed by atoms with Crippen LogP contribution in [0, 0.1) is 27.4 Å². The Morgan fingerprint density at radius 2 is 2.39 bits per heavy atom. The smallest absolute Gasteiger partial charge is 0.289 e. The molecule has 2 atom stereocenters. The van der Waals surface area contributed by atoms with Crippen LogP contribution in [0.3, 0.4) is 0 Å². The first-order chi connectivity index (χ1) is 8.52. The Kier molecular flexibility index (Phi) is 3.12. The molecule has 0 radical (unpaired) electrons. The lowest BCUT2D eigenvalue weighted by molar-refractivity contribution is -0.385. The zero-order chi connectivity index (χ0) is 13.3. The Labute approximate surface area is 104 Å². The highest BCUT2D eigenvalue weighted by Crippen LogP contribution is 2.26. The van der Waals surface area contributed by atoms with E-state index < -0.39 is 4.92 Å².